The maximum Gasteiger partial charge on any atom is 0.251 e. The molecule has 5 nitrogen and oxygen atoms in total. The van der Waals surface area contributed by atoms with E-state index in [1.807, 2.05) is 25.3 Å². The monoisotopic (exact) mass is 324 g/mol. The Bertz CT molecular complexity index is 787. The number of carbonyl (C=O) groups is 1. The smallest absolute Gasteiger partial charge is 0.251 e. The molecule has 0 aliphatic carbocycles. The van der Waals surface area contributed by atoms with Gasteiger partial charge in [-0.3, -0.25) is 14.8 Å². The van der Waals surface area contributed by atoms with Crippen molar-refractivity contribution in [1.29, 1.82) is 0 Å². The van der Waals surface area contributed by atoms with Gasteiger partial charge >= 0.3 is 0 Å². The number of carbonyl (C=O) groups excluding carboxylic acids is 1. The van der Waals surface area contributed by atoms with Crippen LogP contribution in [0.25, 0.3) is 10.6 Å². The van der Waals surface area contributed by atoms with Crippen LogP contribution in [0.5, 0.6) is 0 Å². The number of rotatable bonds is 5. The molecule has 6 heteroatoms. The van der Waals surface area contributed by atoms with Gasteiger partial charge in [-0.1, -0.05) is 0 Å². The van der Waals surface area contributed by atoms with Crippen LogP contribution in [0.4, 0.5) is 0 Å². The van der Waals surface area contributed by atoms with Gasteiger partial charge in [-0.25, -0.2) is 4.98 Å². The molecule has 23 heavy (non-hydrogen) atoms. The Morgan fingerprint density at radius 2 is 2.00 bits per heavy atom. The average Bonchev–Trinajstić information content (AvgIpc) is 2.97. The summed E-state index contributed by atoms with van der Waals surface area (Å²) in [6.45, 7) is 2.58. The SMILES string of the molecule is Cc1nc(-c2cccnc2)sc1CCNC(=O)c1ccncc1. The molecule has 0 spiro atoms. The van der Waals surface area contributed by atoms with E-state index in [0.29, 0.717) is 12.1 Å². The number of aromatic nitrogens is 3. The molecule has 3 aromatic heterocycles. The second kappa shape index (κ2) is 7.11. The first-order valence-electron chi connectivity index (χ1n) is 7.29. The third-order valence-corrected chi connectivity index (χ3v) is 4.65. The van der Waals surface area contributed by atoms with Crippen LogP contribution in [0.2, 0.25) is 0 Å². The number of nitrogens with zero attached hydrogens (tertiary/aromatic N) is 3. The van der Waals surface area contributed by atoms with Crippen LogP contribution >= 0.6 is 11.3 Å². The maximum absolute atomic E-state index is 12.0. The minimum Gasteiger partial charge on any atom is -0.352 e. The molecule has 0 saturated heterocycles. The summed E-state index contributed by atoms with van der Waals surface area (Å²) in [5.74, 6) is -0.0814. The van der Waals surface area contributed by atoms with Crippen LogP contribution in [0.15, 0.2) is 49.1 Å². The first-order valence-corrected chi connectivity index (χ1v) is 8.10. The molecule has 0 saturated carbocycles. The first kappa shape index (κ1) is 15.3. The molecule has 0 radical (unpaired) electrons. The molecule has 0 aliphatic rings. The van der Waals surface area contributed by atoms with Crippen molar-refractivity contribution in [2.45, 2.75) is 13.3 Å². The molecule has 1 N–H and O–H groups in total. The van der Waals surface area contributed by atoms with E-state index >= 15 is 0 Å². The van der Waals surface area contributed by atoms with E-state index < -0.39 is 0 Å². The van der Waals surface area contributed by atoms with E-state index in [4.69, 9.17) is 0 Å². The minimum atomic E-state index is -0.0814. The number of nitrogens with one attached hydrogen (secondary N) is 1. The van der Waals surface area contributed by atoms with E-state index in [1.54, 1.807) is 42.1 Å². The highest BCUT2D eigenvalue weighted by atomic mass is 32.1. The van der Waals surface area contributed by atoms with Gasteiger partial charge in [0.25, 0.3) is 5.91 Å². The van der Waals surface area contributed by atoms with Crippen LogP contribution < -0.4 is 5.32 Å². The summed E-state index contributed by atoms with van der Waals surface area (Å²) < 4.78 is 0. The molecule has 0 aliphatic heterocycles. The Balaban J connectivity index is 1.61. The molecule has 3 heterocycles. The Morgan fingerprint density at radius 1 is 1.17 bits per heavy atom. The van der Waals surface area contributed by atoms with Crippen molar-refractivity contribution >= 4 is 17.2 Å². The van der Waals surface area contributed by atoms with Gasteiger partial charge in [-0.15, -0.1) is 11.3 Å². The van der Waals surface area contributed by atoms with Crippen LogP contribution in [0.3, 0.4) is 0 Å². The summed E-state index contributed by atoms with van der Waals surface area (Å²) in [5, 5.41) is 3.89. The van der Waals surface area contributed by atoms with Crippen molar-refractivity contribution in [3.05, 3.63) is 65.2 Å². The van der Waals surface area contributed by atoms with Crippen molar-refractivity contribution in [3.8, 4) is 10.6 Å². The molecule has 116 valence electrons. The fraction of sp³-hybridized carbons (Fsp3) is 0.176. The Hall–Kier alpha value is -2.60. The van der Waals surface area contributed by atoms with Gasteiger partial charge in [-0.2, -0.15) is 0 Å². The number of hydrogen-bond donors (Lipinski definition) is 1. The van der Waals surface area contributed by atoms with Gasteiger partial charge in [0.15, 0.2) is 0 Å². The van der Waals surface area contributed by atoms with Gasteiger partial charge in [0, 0.05) is 53.8 Å². The van der Waals surface area contributed by atoms with Crippen LogP contribution in [-0.2, 0) is 6.42 Å². The van der Waals surface area contributed by atoms with E-state index in [1.165, 1.54) is 4.88 Å². The summed E-state index contributed by atoms with van der Waals surface area (Å²) >= 11 is 1.65. The third kappa shape index (κ3) is 3.78. The number of hydrogen-bond acceptors (Lipinski definition) is 5. The Kier molecular flexibility index (Phi) is 4.73. The summed E-state index contributed by atoms with van der Waals surface area (Å²) in [4.78, 5) is 25.8. The van der Waals surface area contributed by atoms with Gasteiger partial charge in [0.05, 0.1) is 5.69 Å². The van der Waals surface area contributed by atoms with Gasteiger partial charge in [0.2, 0.25) is 0 Å². The number of thiazole rings is 1. The molecular weight excluding hydrogens is 308 g/mol. The largest absolute Gasteiger partial charge is 0.352 e. The van der Waals surface area contributed by atoms with Crippen molar-refractivity contribution in [2.24, 2.45) is 0 Å². The van der Waals surface area contributed by atoms with Crippen molar-refractivity contribution in [3.63, 3.8) is 0 Å². The van der Waals surface area contributed by atoms with Gasteiger partial charge < -0.3 is 5.32 Å². The highest BCUT2D eigenvalue weighted by Gasteiger charge is 2.10. The van der Waals surface area contributed by atoms with Gasteiger partial charge in [0.1, 0.15) is 5.01 Å². The Labute approximate surface area is 138 Å². The predicted octanol–water partition coefficient (Wildman–Crippen LogP) is 2.88. The fourth-order valence-electron chi connectivity index (χ4n) is 2.17. The predicted molar refractivity (Wildman–Crippen MR) is 90.4 cm³/mol. The van der Waals surface area contributed by atoms with E-state index in [2.05, 4.69) is 20.3 Å². The number of amides is 1. The van der Waals surface area contributed by atoms with Crippen molar-refractivity contribution in [2.75, 3.05) is 6.54 Å². The number of pyridine rings is 2. The second-order valence-corrected chi connectivity index (χ2v) is 6.09. The lowest BCUT2D eigenvalue weighted by molar-refractivity contribution is 0.0954. The van der Waals surface area contributed by atoms with Crippen LogP contribution in [0, 0.1) is 6.92 Å². The molecule has 1 amide bonds. The van der Waals surface area contributed by atoms with Crippen molar-refractivity contribution < 1.29 is 4.79 Å². The minimum absolute atomic E-state index is 0.0814. The molecule has 0 atom stereocenters. The Morgan fingerprint density at radius 3 is 2.74 bits per heavy atom. The zero-order valence-corrected chi connectivity index (χ0v) is 13.5. The highest BCUT2D eigenvalue weighted by Crippen LogP contribution is 2.27. The van der Waals surface area contributed by atoms with E-state index in [9.17, 15) is 4.79 Å². The number of aryl methyl sites for hydroxylation is 1. The summed E-state index contributed by atoms with van der Waals surface area (Å²) in [6.07, 6.45) is 7.55. The van der Waals surface area contributed by atoms with Crippen molar-refractivity contribution in [1.82, 2.24) is 20.3 Å². The first-order chi connectivity index (χ1) is 11.2. The molecule has 0 aromatic carbocycles. The summed E-state index contributed by atoms with van der Waals surface area (Å²) in [7, 11) is 0. The average molecular weight is 324 g/mol. The lowest BCUT2D eigenvalue weighted by Gasteiger charge is -2.04. The quantitative estimate of drug-likeness (QED) is 0.783. The van der Waals surface area contributed by atoms with Crippen LogP contribution in [0.1, 0.15) is 20.9 Å². The zero-order valence-electron chi connectivity index (χ0n) is 12.7. The lowest BCUT2D eigenvalue weighted by atomic mass is 10.2. The maximum atomic E-state index is 12.0. The second-order valence-electron chi connectivity index (χ2n) is 5.01. The molecule has 3 aromatic rings. The van der Waals surface area contributed by atoms with Crippen LogP contribution in [-0.4, -0.2) is 27.4 Å². The fourth-order valence-corrected chi connectivity index (χ4v) is 3.22. The molecule has 0 fully saturated rings. The highest BCUT2D eigenvalue weighted by molar-refractivity contribution is 7.15. The lowest BCUT2D eigenvalue weighted by Crippen LogP contribution is -2.25. The van der Waals surface area contributed by atoms with E-state index in [-0.39, 0.29) is 5.91 Å². The van der Waals surface area contributed by atoms with E-state index in [0.717, 1.165) is 22.7 Å². The topological polar surface area (TPSA) is 67.8 Å². The summed E-state index contributed by atoms with van der Waals surface area (Å²) in [5.41, 5.74) is 2.65. The molecule has 0 unspecified atom stereocenters. The van der Waals surface area contributed by atoms with Gasteiger partial charge in [-0.05, 0) is 31.2 Å². The molecule has 3 rings (SSSR count). The zero-order chi connectivity index (χ0) is 16.1. The molecule has 0 bridgehead atoms. The standard InChI is InChI=1S/C17H16N4OS/c1-12-15(23-17(21-12)14-3-2-7-19-11-14)6-10-20-16(22)13-4-8-18-9-5-13/h2-5,7-9,11H,6,10H2,1H3,(H,20,22). The normalized spacial score (nSPS) is 10.5. The third-order valence-electron chi connectivity index (χ3n) is 3.38. The molecular formula is C17H16N4OS. The summed E-state index contributed by atoms with van der Waals surface area (Å²) in [6, 6.07) is 7.31.